The lowest BCUT2D eigenvalue weighted by Gasteiger charge is -2.17. The molecule has 0 fully saturated rings. The van der Waals surface area contributed by atoms with E-state index < -0.39 is 11.8 Å². The minimum atomic E-state index is -0.552. The van der Waals surface area contributed by atoms with Crippen LogP contribution < -0.4 is 14.4 Å². The van der Waals surface area contributed by atoms with Gasteiger partial charge in [-0.25, -0.2) is 34.1 Å². The molecule has 0 saturated heterocycles. The number of fused-ring (bicyclic) bond motifs is 1. The van der Waals surface area contributed by atoms with E-state index in [1.54, 1.807) is 13.1 Å². The molecule has 0 amide bonds. The predicted molar refractivity (Wildman–Crippen MR) is 135 cm³/mol. The van der Waals surface area contributed by atoms with Crippen LogP contribution in [0.2, 0.25) is 0 Å². The summed E-state index contributed by atoms with van der Waals surface area (Å²) in [6.07, 6.45) is 6.60. The number of hydrogen-bond acceptors (Lipinski definition) is 10. The molecule has 3 heterocycles. The van der Waals surface area contributed by atoms with Gasteiger partial charge >= 0.3 is 5.97 Å². The van der Waals surface area contributed by atoms with Gasteiger partial charge in [0.2, 0.25) is 11.8 Å². The largest absolute Gasteiger partial charge is 0.491 e. The van der Waals surface area contributed by atoms with Crippen molar-refractivity contribution in [3.05, 3.63) is 60.2 Å². The van der Waals surface area contributed by atoms with Gasteiger partial charge in [0.15, 0.2) is 5.82 Å². The van der Waals surface area contributed by atoms with Gasteiger partial charge in [0.1, 0.15) is 17.6 Å². The summed E-state index contributed by atoms with van der Waals surface area (Å²) in [6, 6.07) is 5.09. The lowest BCUT2D eigenvalue weighted by Crippen LogP contribution is -2.23. The highest BCUT2D eigenvalue weighted by atomic mass is 19.1. The molecule has 0 atom stereocenters. The number of carbonyl (C=O) groups is 1. The first-order valence-electron chi connectivity index (χ1n) is 11.7. The summed E-state index contributed by atoms with van der Waals surface area (Å²) in [6.45, 7) is 4.91. The maximum atomic E-state index is 14.3. The van der Waals surface area contributed by atoms with Crippen LogP contribution in [0.4, 0.5) is 10.3 Å². The van der Waals surface area contributed by atoms with Crippen LogP contribution in [0.1, 0.15) is 29.4 Å². The van der Waals surface area contributed by atoms with Gasteiger partial charge in [0.25, 0.3) is 0 Å². The summed E-state index contributed by atoms with van der Waals surface area (Å²) >= 11 is 0. The number of benzene rings is 1. The number of esters is 1. The number of halogens is 1. The summed E-state index contributed by atoms with van der Waals surface area (Å²) < 4.78 is 30.3. The van der Waals surface area contributed by atoms with Crippen LogP contribution in [0.3, 0.4) is 0 Å². The third-order valence-electron chi connectivity index (χ3n) is 5.62. The van der Waals surface area contributed by atoms with Crippen LogP contribution in [-0.4, -0.2) is 64.8 Å². The van der Waals surface area contributed by atoms with Crippen LogP contribution in [0.25, 0.3) is 22.0 Å². The highest BCUT2D eigenvalue weighted by Gasteiger charge is 2.14. The molecule has 0 bridgehead atoms. The number of hydrogen-bond donors (Lipinski definition) is 0. The summed E-state index contributed by atoms with van der Waals surface area (Å²) in [4.78, 5) is 34.9. The molecule has 11 heteroatoms. The molecule has 4 rings (SSSR count). The first kappa shape index (κ1) is 25.7. The van der Waals surface area contributed by atoms with Gasteiger partial charge in [0, 0.05) is 48.8 Å². The molecule has 0 aliphatic heterocycles. The molecule has 0 radical (unpaired) electrons. The highest BCUT2D eigenvalue weighted by molar-refractivity contribution is 5.91. The molecule has 3 aromatic heterocycles. The predicted octanol–water partition coefficient (Wildman–Crippen LogP) is 4.02. The lowest BCUT2D eigenvalue weighted by atomic mass is 10.0. The Bertz CT molecular complexity index is 1400. The molecule has 0 N–H and O–H groups in total. The highest BCUT2D eigenvalue weighted by Crippen LogP contribution is 2.33. The summed E-state index contributed by atoms with van der Waals surface area (Å²) in [5.74, 6) is -0.0233. The Kier molecular flexibility index (Phi) is 8.02. The SMILES string of the molecule is CCOC(=O)c1cnc(N(C)CCCOc2cc(-c3cnc(OC)c(F)c3)cc3c(C)ncnc23)nc1. The Morgan fingerprint density at radius 1 is 1.03 bits per heavy atom. The molecular weight excluding hydrogens is 479 g/mol. The van der Waals surface area contributed by atoms with Crippen molar-refractivity contribution in [2.45, 2.75) is 20.3 Å². The van der Waals surface area contributed by atoms with E-state index >= 15 is 0 Å². The molecule has 0 saturated carbocycles. The van der Waals surface area contributed by atoms with Gasteiger partial charge in [-0.3, -0.25) is 0 Å². The van der Waals surface area contributed by atoms with Gasteiger partial charge in [-0.15, -0.1) is 0 Å². The second kappa shape index (κ2) is 11.5. The van der Waals surface area contributed by atoms with E-state index in [4.69, 9.17) is 14.2 Å². The molecule has 1 aromatic carbocycles. The Morgan fingerprint density at radius 2 is 1.81 bits per heavy atom. The fourth-order valence-corrected chi connectivity index (χ4v) is 3.69. The number of pyridine rings is 1. The van der Waals surface area contributed by atoms with Crippen molar-refractivity contribution in [3.63, 3.8) is 0 Å². The normalized spacial score (nSPS) is 10.8. The van der Waals surface area contributed by atoms with Crippen molar-refractivity contribution in [2.75, 3.05) is 38.8 Å². The standard InChI is InChI=1S/C26H27FN6O4/c1-5-36-25(34)19-13-29-26(30-14-19)33(3)7-6-8-37-22-11-17(9-20-16(2)31-15-32-23(20)22)18-10-21(27)24(35-4)28-12-18/h9-15H,5-8H2,1-4H3. The van der Waals surface area contributed by atoms with Crippen LogP contribution >= 0.6 is 0 Å². The van der Waals surface area contributed by atoms with Crippen LogP contribution in [0.15, 0.2) is 43.1 Å². The Morgan fingerprint density at radius 3 is 2.51 bits per heavy atom. The first-order chi connectivity index (χ1) is 17.9. The second-order valence-electron chi connectivity index (χ2n) is 8.16. The zero-order valence-corrected chi connectivity index (χ0v) is 21.1. The van der Waals surface area contributed by atoms with E-state index in [0.717, 1.165) is 16.6 Å². The summed E-state index contributed by atoms with van der Waals surface area (Å²) in [7, 11) is 3.23. The van der Waals surface area contributed by atoms with Gasteiger partial charge in [-0.2, -0.15) is 0 Å². The monoisotopic (exact) mass is 506 g/mol. The number of carbonyl (C=O) groups excluding carboxylic acids is 1. The van der Waals surface area contributed by atoms with Crippen LogP contribution in [0.5, 0.6) is 11.6 Å². The molecule has 192 valence electrons. The number of anilines is 1. The Balaban J connectivity index is 1.46. The molecule has 0 unspecified atom stereocenters. The van der Waals surface area contributed by atoms with Crippen molar-refractivity contribution in [1.29, 1.82) is 0 Å². The van der Waals surface area contributed by atoms with Crippen molar-refractivity contribution in [1.82, 2.24) is 24.9 Å². The maximum Gasteiger partial charge on any atom is 0.341 e. The number of aromatic nitrogens is 5. The molecule has 4 aromatic rings. The van der Waals surface area contributed by atoms with E-state index in [9.17, 15) is 9.18 Å². The molecule has 10 nitrogen and oxygen atoms in total. The van der Waals surface area contributed by atoms with E-state index in [1.807, 2.05) is 31.0 Å². The van der Waals surface area contributed by atoms with Crippen molar-refractivity contribution in [2.24, 2.45) is 0 Å². The van der Waals surface area contributed by atoms with Crippen LogP contribution in [-0.2, 0) is 4.74 Å². The Labute approximate surface area is 213 Å². The van der Waals surface area contributed by atoms with Gasteiger partial charge in [-0.1, -0.05) is 0 Å². The van der Waals surface area contributed by atoms with Crippen LogP contribution in [0, 0.1) is 12.7 Å². The minimum absolute atomic E-state index is 0.0656. The van der Waals surface area contributed by atoms with E-state index in [-0.39, 0.29) is 12.5 Å². The third kappa shape index (κ3) is 5.88. The quantitative estimate of drug-likeness (QED) is 0.231. The van der Waals surface area contributed by atoms with E-state index in [1.165, 1.54) is 31.9 Å². The molecular formula is C26H27FN6O4. The molecule has 0 spiro atoms. The van der Waals surface area contributed by atoms with Gasteiger partial charge in [-0.05, 0) is 44.0 Å². The van der Waals surface area contributed by atoms with E-state index in [2.05, 4.69) is 24.9 Å². The van der Waals surface area contributed by atoms with E-state index in [0.29, 0.717) is 47.9 Å². The average molecular weight is 507 g/mol. The van der Waals surface area contributed by atoms with Crippen molar-refractivity contribution < 1.29 is 23.4 Å². The number of nitrogens with zero attached hydrogens (tertiary/aromatic N) is 6. The number of methoxy groups -OCH3 is 1. The summed E-state index contributed by atoms with van der Waals surface area (Å²) in [5, 5.41) is 0.804. The number of rotatable bonds is 10. The third-order valence-corrected chi connectivity index (χ3v) is 5.62. The summed E-state index contributed by atoms with van der Waals surface area (Å²) in [5.41, 5.74) is 3.06. The fraction of sp³-hybridized carbons (Fsp3) is 0.308. The lowest BCUT2D eigenvalue weighted by molar-refractivity contribution is 0.0525. The number of aryl methyl sites for hydroxylation is 1. The van der Waals surface area contributed by atoms with Crippen molar-refractivity contribution >= 4 is 22.8 Å². The zero-order valence-electron chi connectivity index (χ0n) is 21.1. The minimum Gasteiger partial charge on any atom is -0.491 e. The number of ether oxygens (including phenoxy) is 3. The maximum absolute atomic E-state index is 14.3. The van der Waals surface area contributed by atoms with Gasteiger partial charge < -0.3 is 19.1 Å². The molecule has 0 aliphatic rings. The smallest absolute Gasteiger partial charge is 0.341 e. The van der Waals surface area contributed by atoms with Gasteiger partial charge in [0.05, 0.1) is 25.9 Å². The first-order valence-corrected chi connectivity index (χ1v) is 11.7. The zero-order chi connectivity index (χ0) is 26.4. The Hall–Kier alpha value is -4.41. The second-order valence-corrected chi connectivity index (χ2v) is 8.16. The topological polar surface area (TPSA) is 112 Å². The fourth-order valence-electron chi connectivity index (χ4n) is 3.69. The molecule has 37 heavy (non-hydrogen) atoms. The van der Waals surface area contributed by atoms with Crippen molar-refractivity contribution in [3.8, 4) is 22.8 Å². The average Bonchev–Trinajstić information content (AvgIpc) is 2.91. The molecule has 0 aliphatic carbocycles.